The summed E-state index contributed by atoms with van der Waals surface area (Å²) < 4.78 is 7.65. The average molecular weight is 346 g/mol. The number of carbonyl (C=O) groups is 1. The summed E-state index contributed by atoms with van der Waals surface area (Å²) in [5.41, 5.74) is 2.00. The molecule has 0 radical (unpaired) electrons. The van der Waals surface area contributed by atoms with Crippen molar-refractivity contribution in [3.8, 4) is 0 Å². The molecule has 0 fully saturated rings. The molecule has 2 heterocycles. The molecule has 0 aliphatic heterocycles. The Morgan fingerprint density at radius 3 is 2.82 bits per heavy atom. The number of hydrogen-bond acceptors (Lipinski definition) is 3. The molecule has 0 unspecified atom stereocenters. The smallest absolute Gasteiger partial charge is 0.352 e. The lowest BCUT2D eigenvalue weighted by molar-refractivity contribution is 0.0685. The lowest BCUT2D eigenvalue weighted by Gasteiger charge is -2.05. The van der Waals surface area contributed by atoms with Crippen LogP contribution in [-0.4, -0.2) is 20.8 Å². The molecule has 0 saturated carbocycles. The Hall–Kier alpha value is -1.31. The first-order valence-electron chi connectivity index (χ1n) is 4.99. The van der Waals surface area contributed by atoms with E-state index in [0.717, 1.165) is 20.6 Å². The normalized spacial score (nSPS) is 10.8. The number of hydrogen-bond donors (Lipinski definition) is 1. The highest BCUT2D eigenvalue weighted by atomic mass is 127. The van der Waals surface area contributed by atoms with Gasteiger partial charge in [0.25, 0.3) is 0 Å². The largest absolute Gasteiger partial charge is 0.477 e. The number of aromatic carboxylic acids is 1. The van der Waals surface area contributed by atoms with Gasteiger partial charge in [0.2, 0.25) is 0 Å². The summed E-state index contributed by atoms with van der Waals surface area (Å²) in [5, 5.41) is 12.9. The number of halogens is 1. The van der Waals surface area contributed by atoms with Crippen LogP contribution < -0.4 is 0 Å². The zero-order chi connectivity index (χ0) is 12.6. The van der Waals surface area contributed by atoms with Crippen molar-refractivity contribution in [2.24, 2.45) is 0 Å². The lowest BCUT2D eigenvalue weighted by atomic mass is 10.2. The highest BCUT2D eigenvalue weighted by Crippen LogP contribution is 2.18. The van der Waals surface area contributed by atoms with Gasteiger partial charge < -0.3 is 14.2 Å². The first kappa shape index (κ1) is 12.2. The summed E-state index contributed by atoms with van der Waals surface area (Å²) in [7, 11) is 0. The van der Waals surface area contributed by atoms with Gasteiger partial charge in [0.1, 0.15) is 11.5 Å². The third kappa shape index (κ3) is 2.36. The van der Waals surface area contributed by atoms with E-state index in [1.165, 1.54) is 0 Å². The van der Waals surface area contributed by atoms with Gasteiger partial charge in [0.15, 0.2) is 0 Å². The zero-order valence-corrected chi connectivity index (χ0v) is 11.6. The van der Waals surface area contributed by atoms with E-state index in [-0.39, 0.29) is 5.69 Å². The summed E-state index contributed by atoms with van der Waals surface area (Å²) in [6.07, 6.45) is 1.80. The van der Waals surface area contributed by atoms with Crippen molar-refractivity contribution in [1.82, 2.24) is 9.72 Å². The fourth-order valence-corrected chi connectivity index (χ4v) is 2.31. The fraction of sp³-hybridized carbons (Fsp3) is 0.273. The highest BCUT2D eigenvalue weighted by molar-refractivity contribution is 14.1. The standard InChI is InChI=1S/C11H11IN2O3/c1-6-9(7(2)17-13-6)5-14-4-8(12)3-10(14)11(15)16/h3-4H,5H2,1-2H3,(H,15,16). The number of aryl methyl sites for hydroxylation is 2. The van der Waals surface area contributed by atoms with Crippen LogP contribution in [0.2, 0.25) is 0 Å². The second kappa shape index (κ2) is 4.52. The van der Waals surface area contributed by atoms with Crippen LogP contribution in [0.25, 0.3) is 0 Å². The molecule has 0 bridgehead atoms. The van der Waals surface area contributed by atoms with Crippen molar-refractivity contribution in [3.63, 3.8) is 0 Å². The molecule has 6 heteroatoms. The Labute approximate surface area is 112 Å². The van der Waals surface area contributed by atoms with E-state index in [9.17, 15) is 4.79 Å². The number of nitrogens with zero attached hydrogens (tertiary/aromatic N) is 2. The summed E-state index contributed by atoms with van der Waals surface area (Å²) in [4.78, 5) is 11.1. The van der Waals surface area contributed by atoms with Crippen LogP contribution in [0.4, 0.5) is 0 Å². The first-order valence-corrected chi connectivity index (χ1v) is 6.07. The molecule has 2 rings (SSSR count). The molecular weight excluding hydrogens is 335 g/mol. The molecule has 0 aromatic carbocycles. The minimum absolute atomic E-state index is 0.273. The van der Waals surface area contributed by atoms with E-state index in [2.05, 4.69) is 27.7 Å². The van der Waals surface area contributed by atoms with Crippen molar-refractivity contribution in [1.29, 1.82) is 0 Å². The zero-order valence-electron chi connectivity index (χ0n) is 9.40. The van der Waals surface area contributed by atoms with Crippen LogP contribution in [0.15, 0.2) is 16.8 Å². The Morgan fingerprint density at radius 2 is 2.29 bits per heavy atom. The maximum absolute atomic E-state index is 11.1. The van der Waals surface area contributed by atoms with E-state index in [4.69, 9.17) is 9.63 Å². The SMILES string of the molecule is Cc1noc(C)c1Cn1cc(I)cc1C(=O)O. The first-order chi connectivity index (χ1) is 7.99. The van der Waals surface area contributed by atoms with Gasteiger partial charge in [-0.15, -0.1) is 0 Å². The minimum Gasteiger partial charge on any atom is -0.477 e. The molecule has 90 valence electrons. The lowest BCUT2D eigenvalue weighted by Crippen LogP contribution is -2.09. The van der Waals surface area contributed by atoms with Gasteiger partial charge in [0, 0.05) is 15.3 Å². The van der Waals surface area contributed by atoms with E-state index in [0.29, 0.717) is 6.54 Å². The van der Waals surface area contributed by atoms with Crippen LogP contribution in [0.3, 0.4) is 0 Å². The van der Waals surface area contributed by atoms with Crippen LogP contribution in [-0.2, 0) is 6.54 Å². The van der Waals surface area contributed by atoms with E-state index >= 15 is 0 Å². The van der Waals surface area contributed by atoms with E-state index < -0.39 is 5.97 Å². The molecule has 2 aromatic heterocycles. The van der Waals surface area contributed by atoms with Crippen LogP contribution >= 0.6 is 22.6 Å². The average Bonchev–Trinajstić information content (AvgIpc) is 2.76. The number of rotatable bonds is 3. The quantitative estimate of drug-likeness (QED) is 0.867. The molecule has 0 spiro atoms. The number of carboxylic acid groups (broad SMARTS) is 1. The van der Waals surface area contributed by atoms with Crippen molar-refractivity contribution in [2.45, 2.75) is 20.4 Å². The third-order valence-corrected chi connectivity index (χ3v) is 3.18. The molecule has 2 aromatic rings. The van der Waals surface area contributed by atoms with Gasteiger partial charge >= 0.3 is 5.97 Å². The summed E-state index contributed by atoms with van der Waals surface area (Å²) in [6, 6.07) is 1.64. The molecule has 0 amide bonds. The Bertz CT molecular complexity index is 552. The summed E-state index contributed by atoms with van der Waals surface area (Å²) in [5.74, 6) is -0.206. The molecular formula is C11H11IN2O3. The van der Waals surface area contributed by atoms with Gasteiger partial charge in [0.05, 0.1) is 12.2 Å². The fourth-order valence-electron chi connectivity index (χ4n) is 1.68. The van der Waals surface area contributed by atoms with Crippen LogP contribution in [0.5, 0.6) is 0 Å². The van der Waals surface area contributed by atoms with Gasteiger partial charge in [-0.1, -0.05) is 5.16 Å². The highest BCUT2D eigenvalue weighted by Gasteiger charge is 2.15. The van der Waals surface area contributed by atoms with Crippen molar-refractivity contribution >= 4 is 28.6 Å². The Morgan fingerprint density at radius 1 is 1.59 bits per heavy atom. The van der Waals surface area contributed by atoms with Gasteiger partial charge in [-0.05, 0) is 42.5 Å². The maximum Gasteiger partial charge on any atom is 0.352 e. The number of carboxylic acids is 1. The predicted molar refractivity (Wildman–Crippen MR) is 69.2 cm³/mol. The number of aromatic nitrogens is 2. The summed E-state index contributed by atoms with van der Waals surface area (Å²) >= 11 is 2.09. The third-order valence-electron chi connectivity index (χ3n) is 2.59. The van der Waals surface area contributed by atoms with Gasteiger partial charge in [-0.2, -0.15) is 0 Å². The van der Waals surface area contributed by atoms with Crippen molar-refractivity contribution in [3.05, 3.63) is 38.5 Å². The topological polar surface area (TPSA) is 68.3 Å². The van der Waals surface area contributed by atoms with Gasteiger partial charge in [-0.3, -0.25) is 0 Å². The second-order valence-electron chi connectivity index (χ2n) is 3.78. The second-order valence-corrected chi connectivity index (χ2v) is 5.02. The van der Waals surface area contributed by atoms with Crippen molar-refractivity contribution in [2.75, 3.05) is 0 Å². The van der Waals surface area contributed by atoms with Gasteiger partial charge in [-0.25, -0.2) is 4.79 Å². The van der Waals surface area contributed by atoms with Crippen LogP contribution in [0.1, 0.15) is 27.5 Å². The van der Waals surface area contributed by atoms with E-state index in [1.54, 1.807) is 16.8 Å². The molecule has 5 nitrogen and oxygen atoms in total. The molecule has 0 saturated heterocycles. The monoisotopic (exact) mass is 346 g/mol. The Kier molecular flexibility index (Phi) is 3.23. The predicted octanol–water partition coefficient (Wildman–Crippen LogP) is 2.44. The maximum atomic E-state index is 11.1. The minimum atomic E-state index is -0.931. The molecule has 17 heavy (non-hydrogen) atoms. The molecule has 1 N–H and O–H groups in total. The molecule has 0 aliphatic carbocycles. The molecule has 0 atom stereocenters. The molecule has 0 aliphatic rings. The Balaban J connectivity index is 2.39. The van der Waals surface area contributed by atoms with Crippen LogP contribution in [0, 0.1) is 17.4 Å². The summed E-state index contributed by atoms with van der Waals surface area (Å²) in [6.45, 7) is 4.14. The van der Waals surface area contributed by atoms with E-state index in [1.807, 2.05) is 13.8 Å². The van der Waals surface area contributed by atoms with Crippen molar-refractivity contribution < 1.29 is 14.4 Å².